The maximum absolute atomic E-state index is 12.0. The molecule has 2 rings (SSSR count). The molecule has 0 spiro atoms. The molecule has 6 nitrogen and oxygen atoms in total. The standard InChI is InChI=1S/C12H19N3O3/c1-11(2,3)18-10(16)15-6-5-12(4,7-15)9-13-8-17-14-9/h8H,5-7H2,1-4H3. The van der Waals surface area contributed by atoms with Crippen molar-refractivity contribution >= 4 is 6.09 Å². The Hall–Kier alpha value is -1.59. The van der Waals surface area contributed by atoms with E-state index >= 15 is 0 Å². The fourth-order valence-electron chi connectivity index (χ4n) is 2.06. The molecule has 0 radical (unpaired) electrons. The van der Waals surface area contributed by atoms with Crippen LogP contribution in [0.25, 0.3) is 0 Å². The first-order valence-corrected chi connectivity index (χ1v) is 6.05. The minimum atomic E-state index is -0.470. The van der Waals surface area contributed by atoms with Gasteiger partial charge >= 0.3 is 6.09 Å². The first-order chi connectivity index (χ1) is 8.30. The van der Waals surface area contributed by atoms with Gasteiger partial charge in [0, 0.05) is 13.1 Å². The molecule has 0 bridgehead atoms. The molecular weight excluding hydrogens is 234 g/mol. The quantitative estimate of drug-likeness (QED) is 0.765. The molecule has 2 heterocycles. The molecule has 1 aromatic rings. The number of amides is 1. The van der Waals surface area contributed by atoms with Crippen molar-refractivity contribution in [3.63, 3.8) is 0 Å². The molecule has 0 N–H and O–H groups in total. The maximum Gasteiger partial charge on any atom is 0.410 e. The van der Waals surface area contributed by atoms with Crippen LogP contribution >= 0.6 is 0 Å². The van der Waals surface area contributed by atoms with Gasteiger partial charge in [-0.3, -0.25) is 0 Å². The lowest BCUT2D eigenvalue weighted by atomic mass is 9.89. The number of hydrogen-bond donors (Lipinski definition) is 0. The fourth-order valence-corrected chi connectivity index (χ4v) is 2.06. The zero-order chi connectivity index (χ0) is 13.4. The summed E-state index contributed by atoms with van der Waals surface area (Å²) < 4.78 is 10.1. The lowest BCUT2D eigenvalue weighted by Gasteiger charge is -2.25. The van der Waals surface area contributed by atoms with E-state index in [-0.39, 0.29) is 11.5 Å². The summed E-state index contributed by atoms with van der Waals surface area (Å²) >= 11 is 0. The molecule has 1 atom stereocenters. The lowest BCUT2D eigenvalue weighted by Crippen LogP contribution is -2.37. The van der Waals surface area contributed by atoms with Crippen LogP contribution in [0.4, 0.5) is 4.79 Å². The van der Waals surface area contributed by atoms with Crippen LogP contribution in [0.15, 0.2) is 10.9 Å². The summed E-state index contributed by atoms with van der Waals surface area (Å²) in [6.07, 6.45) is 1.84. The van der Waals surface area contributed by atoms with Gasteiger partial charge in [-0.25, -0.2) is 4.79 Å². The summed E-state index contributed by atoms with van der Waals surface area (Å²) in [7, 11) is 0. The van der Waals surface area contributed by atoms with Crippen molar-refractivity contribution in [1.82, 2.24) is 15.0 Å². The van der Waals surface area contributed by atoms with Crippen LogP contribution in [0.3, 0.4) is 0 Å². The Balaban J connectivity index is 2.02. The molecule has 1 aliphatic rings. The largest absolute Gasteiger partial charge is 0.444 e. The molecule has 1 saturated heterocycles. The summed E-state index contributed by atoms with van der Waals surface area (Å²) in [5.74, 6) is 0.647. The van der Waals surface area contributed by atoms with Gasteiger partial charge in [0.05, 0.1) is 5.41 Å². The van der Waals surface area contributed by atoms with E-state index in [1.54, 1.807) is 4.90 Å². The number of rotatable bonds is 1. The third-order valence-electron chi connectivity index (χ3n) is 3.03. The first kappa shape index (κ1) is 12.9. The number of carbonyl (C=O) groups excluding carboxylic acids is 1. The van der Waals surface area contributed by atoms with Gasteiger partial charge in [-0.05, 0) is 27.2 Å². The molecule has 1 aromatic heterocycles. The van der Waals surface area contributed by atoms with Crippen LogP contribution in [-0.2, 0) is 10.2 Å². The molecule has 6 heteroatoms. The van der Waals surface area contributed by atoms with E-state index in [1.165, 1.54) is 6.39 Å². The van der Waals surface area contributed by atoms with E-state index in [2.05, 4.69) is 10.1 Å². The van der Waals surface area contributed by atoms with Crippen LogP contribution in [0.5, 0.6) is 0 Å². The molecule has 1 aliphatic heterocycles. The third-order valence-corrected chi connectivity index (χ3v) is 3.03. The van der Waals surface area contributed by atoms with E-state index in [4.69, 9.17) is 9.26 Å². The highest BCUT2D eigenvalue weighted by Gasteiger charge is 2.41. The van der Waals surface area contributed by atoms with E-state index < -0.39 is 5.60 Å². The zero-order valence-electron chi connectivity index (χ0n) is 11.3. The van der Waals surface area contributed by atoms with Crippen molar-refractivity contribution in [3.05, 3.63) is 12.2 Å². The number of likely N-dealkylation sites (tertiary alicyclic amines) is 1. The lowest BCUT2D eigenvalue weighted by molar-refractivity contribution is 0.0284. The van der Waals surface area contributed by atoms with Crippen LogP contribution in [0, 0.1) is 0 Å². The van der Waals surface area contributed by atoms with Gasteiger partial charge in [0.2, 0.25) is 6.39 Å². The molecule has 1 unspecified atom stereocenters. The van der Waals surface area contributed by atoms with Crippen molar-refractivity contribution < 1.29 is 14.1 Å². The molecule has 0 saturated carbocycles. The van der Waals surface area contributed by atoms with Gasteiger partial charge in [-0.1, -0.05) is 12.1 Å². The van der Waals surface area contributed by atoms with Crippen molar-refractivity contribution in [2.24, 2.45) is 0 Å². The Morgan fingerprint density at radius 2 is 2.28 bits per heavy atom. The summed E-state index contributed by atoms with van der Waals surface area (Å²) in [5, 5.41) is 3.87. The van der Waals surface area contributed by atoms with Crippen molar-refractivity contribution in [2.45, 2.75) is 45.1 Å². The van der Waals surface area contributed by atoms with Crippen LogP contribution in [-0.4, -0.2) is 39.8 Å². The Labute approximate surface area is 106 Å². The SMILES string of the molecule is CC(C)(C)OC(=O)N1CCC(C)(c2ncon2)C1. The summed E-state index contributed by atoms with van der Waals surface area (Å²) in [6.45, 7) is 8.82. The van der Waals surface area contributed by atoms with Gasteiger partial charge in [-0.15, -0.1) is 0 Å². The zero-order valence-corrected chi connectivity index (χ0v) is 11.3. The second-order valence-corrected chi connectivity index (χ2v) is 5.97. The molecule has 100 valence electrons. The molecule has 1 fully saturated rings. The fraction of sp³-hybridized carbons (Fsp3) is 0.750. The van der Waals surface area contributed by atoms with Crippen LogP contribution in [0.2, 0.25) is 0 Å². The predicted octanol–water partition coefficient (Wildman–Crippen LogP) is 1.97. The number of hydrogen-bond acceptors (Lipinski definition) is 5. The summed E-state index contributed by atoms with van der Waals surface area (Å²) in [5.41, 5.74) is -0.716. The van der Waals surface area contributed by atoms with Crippen LogP contribution < -0.4 is 0 Å². The Bertz CT molecular complexity index is 424. The highest BCUT2D eigenvalue weighted by Crippen LogP contribution is 2.32. The first-order valence-electron chi connectivity index (χ1n) is 6.05. The Morgan fingerprint density at radius 1 is 1.56 bits per heavy atom. The molecule has 0 aliphatic carbocycles. The van der Waals surface area contributed by atoms with Gasteiger partial charge in [-0.2, -0.15) is 4.98 Å². The van der Waals surface area contributed by atoms with Gasteiger partial charge in [0.25, 0.3) is 0 Å². The van der Waals surface area contributed by atoms with E-state index in [0.29, 0.717) is 18.9 Å². The van der Waals surface area contributed by atoms with Gasteiger partial charge in [0.1, 0.15) is 5.60 Å². The monoisotopic (exact) mass is 253 g/mol. The van der Waals surface area contributed by atoms with E-state index in [9.17, 15) is 4.79 Å². The molecular formula is C12H19N3O3. The van der Waals surface area contributed by atoms with Crippen molar-refractivity contribution in [1.29, 1.82) is 0 Å². The van der Waals surface area contributed by atoms with E-state index in [0.717, 1.165) is 6.42 Å². The average molecular weight is 253 g/mol. The smallest absolute Gasteiger partial charge is 0.410 e. The highest BCUT2D eigenvalue weighted by molar-refractivity contribution is 5.68. The molecule has 1 amide bonds. The maximum atomic E-state index is 12.0. The van der Waals surface area contributed by atoms with E-state index in [1.807, 2.05) is 27.7 Å². The third kappa shape index (κ3) is 2.63. The molecule has 0 aromatic carbocycles. The Kier molecular flexibility index (Phi) is 3.04. The normalized spacial score (nSPS) is 24.3. The highest BCUT2D eigenvalue weighted by atomic mass is 16.6. The van der Waals surface area contributed by atoms with Crippen molar-refractivity contribution in [3.8, 4) is 0 Å². The summed E-state index contributed by atoms with van der Waals surface area (Å²) in [6, 6.07) is 0. The van der Waals surface area contributed by atoms with Crippen molar-refractivity contribution in [2.75, 3.05) is 13.1 Å². The van der Waals surface area contributed by atoms with Gasteiger partial charge < -0.3 is 14.2 Å². The van der Waals surface area contributed by atoms with Crippen LogP contribution in [0.1, 0.15) is 39.9 Å². The minimum absolute atomic E-state index is 0.246. The molecule has 18 heavy (non-hydrogen) atoms. The predicted molar refractivity (Wildman–Crippen MR) is 64.1 cm³/mol. The second kappa shape index (κ2) is 4.26. The number of carbonyl (C=O) groups is 1. The second-order valence-electron chi connectivity index (χ2n) is 5.97. The number of aromatic nitrogens is 2. The average Bonchev–Trinajstić information content (AvgIpc) is 2.83. The number of ether oxygens (including phenoxy) is 1. The Morgan fingerprint density at radius 3 is 2.83 bits per heavy atom. The summed E-state index contributed by atoms with van der Waals surface area (Å²) in [4.78, 5) is 17.7. The number of nitrogens with zero attached hydrogens (tertiary/aromatic N) is 3. The topological polar surface area (TPSA) is 68.5 Å². The van der Waals surface area contributed by atoms with Gasteiger partial charge in [0.15, 0.2) is 5.82 Å². The minimum Gasteiger partial charge on any atom is -0.444 e.